The highest BCUT2D eigenvalue weighted by molar-refractivity contribution is 7.99. The number of aromatic nitrogens is 2. The molecular formula is C19H16N4O5S. The van der Waals surface area contributed by atoms with Gasteiger partial charge in [-0.15, -0.1) is 0 Å². The second-order valence-corrected chi connectivity index (χ2v) is 7.31. The summed E-state index contributed by atoms with van der Waals surface area (Å²) in [7, 11) is 0. The third-order valence-electron chi connectivity index (χ3n) is 3.81. The van der Waals surface area contributed by atoms with E-state index >= 15 is 0 Å². The first-order valence-corrected chi connectivity index (χ1v) is 9.21. The number of rotatable bonds is 7. The third kappa shape index (κ3) is 5.42. The number of anilines is 1. The smallest absolute Gasteiger partial charge is 0.325 e. The third-order valence-corrected chi connectivity index (χ3v) is 4.79. The Morgan fingerprint density at radius 3 is 2.59 bits per heavy atom. The van der Waals surface area contributed by atoms with Gasteiger partial charge in [-0.1, -0.05) is 29.5 Å². The molecule has 0 aliphatic carbocycles. The van der Waals surface area contributed by atoms with Gasteiger partial charge in [0.2, 0.25) is 0 Å². The first-order valence-electron chi connectivity index (χ1n) is 8.40. The molecule has 0 radical (unpaired) electrons. The maximum Gasteiger partial charge on any atom is 0.325 e. The second kappa shape index (κ2) is 8.57. The monoisotopic (exact) mass is 412 g/mol. The summed E-state index contributed by atoms with van der Waals surface area (Å²) in [5, 5.41) is 26.5. The van der Waals surface area contributed by atoms with Gasteiger partial charge in [0, 0.05) is 33.8 Å². The van der Waals surface area contributed by atoms with Gasteiger partial charge in [-0.25, -0.2) is 0 Å². The van der Waals surface area contributed by atoms with E-state index in [4.69, 9.17) is 5.11 Å². The summed E-state index contributed by atoms with van der Waals surface area (Å²) in [6.45, 7) is 1.59. The number of nitrogens with zero attached hydrogens (tertiary/aromatic N) is 3. The molecule has 3 rings (SSSR count). The van der Waals surface area contributed by atoms with E-state index in [9.17, 15) is 19.7 Å². The highest BCUT2D eigenvalue weighted by Crippen LogP contribution is 2.33. The molecule has 0 aliphatic heterocycles. The highest BCUT2D eigenvalue weighted by atomic mass is 32.2. The zero-order valence-electron chi connectivity index (χ0n) is 15.2. The molecule has 1 aromatic heterocycles. The maximum atomic E-state index is 12.4. The highest BCUT2D eigenvalue weighted by Gasteiger charge is 2.15. The fraction of sp³-hybridized carbons (Fsp3) is 0.105. The van der Waals surface area contributed by atoms with Crippen molar-refractivity contribution >= 4 is 35.0 Å². The van der Waals surface area contributed by atoms with E-state index < -0.39 is 16.8 Å². The number of amides is 1. The van der Waals surface area contributed by atoms with Crippen molar-refractivity contribution in [2.75, 3.05) is 5.32 Å². The number of hydrogen-bond donors (Lipinski definition) is 2. The van der Waals surface area contributed by atoms with E-state index in [0.29, 0.717) is 4.90 Å². The standard InChI is InChI=1S/C19H16N4O5S/c1-12-2-4-16(5-3-12)29-17-7-14(6-15(8-17)23(27)28)21-19(26)13-9-20-22(10-13)11-18(24)25/h2-10H,11H2,1H3,(H,21,26)(H,24,25). The molecule has 1 amide bonds. The summed E-state index contributed by atoms with van der Waals surface area (Å²) in [6.07, 6.45) is 2.53. The van der Waals surface area contributed by atoms with Crippen molar-refractivity contribution in [2.45, 2.75) is 23.3 Å². The topological polar surface area (TPSA) is 127 Å². The van der Waals surface area contributed by atoms with Gasteiger partial charge in [0.25, 0.3) is 11.6 Å². The van der Waals surface area contributed by atoms with Crippen LogP contribution in [0.4, 0.5) is 11.4 Å². The van der Waals surface area contributed by atoms with Crippen molar-refractivity contribution in [3.63, 3.8) is 0 Å². The van der Waals surface area contributed by atoms with Crippen LogP contribution in [0.3, 0.4) is 0 Å². The summed E-state index contributed by atoms with van der Waals surface area (Å²) in [5.74, 6) is -1.63. The van der Waals surface area contributed by atoms with E-state index in [-0.39, 0.29) is 23.5 Å². The zero-order valence-corrected chi connectivity index (χ0v) is 16.0. The first-order chi connectivity index (χ1) is 13.8. The predicted molar refractivity (Wildman–Crippen MR) is 106 cm³/mol. The number of nitro groups is 1. The molecule has 0 atom stereocenters. The van der Waals surface area contributed by atoms with E-state index in [0.717, 1.165) is 15.1 Å². The molecule has 10 heteroatoms. The van der Waals surface area contributed by atoms with E-state index in [1.807, 2.05) is 31.2 Å². The molecule has 148 valence electrons. The van der Waals surface area contributed by atoms with Gasteiger partial charge in [0.1, 0.15) is 6.54 Å². The van der Waals surface area contributed by atoms with Gasteiger partial charge in [0.05, 0.1) is 16.7 Å². The van der Waals surface area contributed by atoms with Crippen LogP contribution in [0.1, 0.15) is 15.9 Å². The minimum atomic E-state index is -1.09. The molecule has 0 fully saturated rings. The fourth-order valence-corrected chi connectivity index (χ4v) is 3.38. The van der Waals surface area contributed by atoms with Crippen LogP contribution in [0, 0.1) is 17.0 Å². The Kier molecular flexibility index (Phi) is 5.93. The number of carboxylic acids is 1. The summed E-state index contributed by atoms with van der Waals surface area (Å²) >= 11 is 1.34. The largest absolute Gasteiger partial charge is 0.480 e. The molecule has 0 unspecified atom stereocenters. The van der Waals surface area contributed by atoms with Crippen molar-refractivity contribution in [3.05, 3.63) is 76.1 Å². The molecule has 3 aromatic rings. The Morgan fingerprint density at radius 1 is 1.21 bits per heavy atom. The Morgan fingerprint density at radius 2 is 1.93 bits per heavy atom. The zero-order chi connectivity index (χ0) is 21.0. The number of non-ortho nitro benzene ring substituents is 1. The molecule has 0 saturated carbocycles. The number of hydrogen-bond acceptors (Lipinski definition) is 6. The van der Waals surface area contributed by atoms with E-state index in [2.05, 4.69) is 10.4 Å². The van der Waals surface area contributed by atoms with Crippen LogP contribution in [0.15, 0.2) is 64.6 Å². The van der Waals surface area contributed by atoms with Gasteiger partial charge in [-0.3, -0.25) is 24.4 Å². The number of carbonyl (C=O) groups excluding carboxylic acids is 1. The normalized spacial score (nSPS) is 10.5. The van der Waals surface area contributed by atoms with Crippen molar-refractivity contribution in [3.8, 4) is 0 Å². The van der Waals surface area contributed by atoms with E-state index in [1.54, 1.807) is 6.07 Å². The fourth-order valence-electron chi connectivity index (χ4n) is 2.47. The lowest BCUT2D eigenvalue weighted by Gasteiger charge is -2.07. The molecule has 29 heavy (non-hydrogen) atoms. The van der Waals surface area contributed by atoms with Crippen LogP contribution in [0.5, 0.6) is 0 Å². The van der Waals surface area contributed by atoms with Crippen LogP contribution in [0.25, 0.3) is 0 Å². The Bertz CT molecular complexity index is 1080. The molecule has 9 nitrogen and oxygen atoms in total. The maximum absolute atomic E-state index is 12.4. The number of aliphatic carboxylic acids is 1. The number of carboxylic acid groups (broad SMARTS) is 1. The minimum Gasteiger partial charge on any atom is -0.480 e. The molecule has 0 spiro atoms. The van der Waals surface area contributed by atoms with Gasteiger partial charge >= 0.3 is 5.97 Å². The van der Waals surface area contributed by atoms with Crippen LogP contribution in [-0.2, 0) is 11.3 Å². The predicted octanol–water partition coefficient (Wildman–Crippen LogP) is 3.59. The van der Waals surface area contributed by atoms with Crippen molar-refractivity contribution in [1.82, 2.24) is 9.78 Å². The van der Waals surface area contributed by atoms with Crippen LogP contribution in [-0.4, -0.2) is 31.7 Å². The molecule has 0 saturated heterocycles. The van der Waals surface area contributed by atoms with Crippen molar-refractivity contribution in [2.24, 2.45) is 0 Å². The summed E-state index contributed by atoms with van der Waals surface area (Å²) < 4.78 is 1.11. The van der Waals surface area contributed by atoms with Crippen molar-refractivity contribution in [1.29, 1.82) is 0 Å². The SMILES string of the molecule is Cc1ccc(Sc2cc(NC(=O)c3cnn(CC(=O)O)c3)cc([N+](=O)[O-])c2)cc1. The lowest BCUT2D eigenvalue weighted by Crippen LogP contribution is -2.12. The number of aryl methyl sites for hydroxylation is 1. The average Bonchev–Trinajstić information content (AvgIpc) is 3.11. The summed E-state index contributed by atoms with van der Waals surface area (Å²) in [6, 6.07) is 12.0. The van der Waals surface area contributed by atoms with Gasteiger partial charge in [0.15, 0.2) is 0 Å². The summed E-state index contributed by atoms with van der Waals surface area (Å²) in [5.41, 5.74) is 1.35. The first kappa shape index (κ1) is 20.1. The van der Waals surface area contributed by atoms with E-state index in [1.165, 1.54) is 36.3 Å². The lowest BCUT2D eigenvalue weighted by molar-refractivity contribution is -0.385. The second-order valence-electron chi connectivity index (χ2n) is 6.16. The molecule has 0 aliphatic rings. The van der Waals surface area contributed by atoms with Gasteiger partial charge < -0.3 is 10.4 Å². The lowest BCUT2D eigenvalue weighted by atomic mass is 10.2. The Balaban J connectivity index is 1.82. The van der Waals surface area contributed by atoms with Crippen LogP contribution < -0.4 is 5.32 Å². The number of nitrogens with one attached hydrogen (secondary N) is 1. The Labute approximate surface area is 169 Å². The molecule has 1 heterocycles. The summed E-state index contributed by atoms with van der Waals surface area (Å²) in [4.78, 5) is 35.4. The quantitative estimate of drug-likeness (QED) is 0.448. The average molecular weight is 412 g/mol. The molecule has 2 aromatic carbocycles. The molecular weight excluding hydrogens is 396 g/mol. The van der Waals surface area contributed by atoms with Crippen molar-refractivity contribution < 1.29 is 19.6 Å². The number of benzene rings is 2. The van der Waals surface area contributed by atoms with Crippen LogP contribution >= 0.6 is 11.8 Å². The van der Waals surface area contributed by atoms with Gasteiger partial charge in [-0.05, 0) is 25.1 Å². The minimum absolute atomic E-state index is 0.144. The van der Waals surface area contributed by atoms with Crippen LogP contribution in [0.2, 0.25) is 0 Å². The number of nitro benzene ring substituents is 1. The Hall–Kier alpha value is -3.66. The number of carbonyl (C=O) groups is 2. The van der Waals surface area contributed by atoms with Gasteiger partial charge in [-0.2, -0.15) is 5.10 Å². The molecule has 2 N–H and O–H groups in total. The molecule has 0 bridgehead atoms.